The zero-order valence-corrected chi connectivity index (χ0v) is 5.81. The molecule has 0 spiro atoms. The molecule has 2 fully saturated rings. The molecule has 0 heterocycles. The van der Waals surface area contributed by atoms with Gasteiger partial charge in [0.05, 0.1) is 0 Å². The fraction of sp³-hybridized carbons (Fsp3) is 0.875. The molecule has 1 nitrogen and oxygen atoms in total. The number of carbonyl (C=O) groups excluding carboxylic acids is 1. The van der Waals surface area contributed by atoms with Crippen molar-refractivity contribution < 1.29 is 4.79 Å². The summed E-state index contributed by atoms with van der Waals surface area (Å²) in [7, 11) is 0. The fourth-order valence-corrected chi connectivity index (χ4v) is 2.20. The van der Waals surface area contributed by atoms with Crippen molar-refractivity contribution in [2.24, 2.45) is 11.3 Å². The molecule has 2 saturated carbocycles. The van der Waals surface area contributed by atoms with Crippen LogP contribution in [0.1, 0.15) is 32.6 Å². The van der Waals surface area contributed by atoms with E-state index < -0.39 is 0 Å². The molecule has 1 heteroatoms. The van der Waals surface area contributed by atoms with Gasteiger partial charge in [-0.3, -0.25) is 4.79 Å². The van der Waals surface area contributed by atoms with E-state index in [1.807, 2.05) is 0 Å². The summed E-state index contributed by atoms with van der Waals surface area (Å²) < 4.78 is 0. The maximum Gasteiger partial charge on any atom is 0.139 e. The Labute approximate surface area is 55.4 Å². The number of rotatable bonds is 0. The summed E-state index contributed by atoms with van der Waals surface area (Å²) in [6, 6.07) is 0. The first-order valence-corrected chi connectivity index (χ1v) is 3.77. The predicted octanol–water partition coefficient (Wildman–Crippen LogP) is 1.77. The largest absolute Gasteiger partial charge is 0.299 e. The minimum atomic E-state index is 0.153. The van der Waals surface area contributed by atoms with Crippen molar-refractivity contribution in [2.75, 3.05) is 0 Å². The number of carbonyl (C=O) groups is 1. The molecule has 0 bridgehead atoms. The molecule has 2 rings (SSSR count). The molecule has 0 saturated heterocycles. The van der Waals surface area contributed by atoms with E-state index in [4.69, 9.17) is 0 Å². The SMILES string of the molecule is C[C@@]12CCC1CCC2=O. The molecule has 0 aliphatic heterocycles. The molecule has 0 aromatic heterocycles. The highest BCUT2D eigenvalue weighted by atomic mass is 16.1. The van der Waals surface area contributed by atoms with Gasteiger partial charge in [-0.05, 0) is 25.2 Å². The molecule has 0 aromatic rings. The normalized spacial score (nSPS) is 48.6. The monoisotopic (exact) mass is 124 g/mol. The van der Waals surface area contributed by atoms with Crippen molar-refractivity contribution in [2.45, 2.75) is 32.6 Å². The molecule has 2 aliphatic rings. The van der Waals surface area contributed by atoms with Crippen LogP contribution in [0.15, 0.2) is 0 Å². The summed E-state index contributed by atoms with van der Waals surface area (Å²) in [5.74, 6) is 1.30. The van der Waals surface area contributed by atoms with Crippen LogP contribution in [0.5, 0.6) is 0 Å². The quantitative estimate of drug-likeness (QED) is 0.481. The number of hydrogen-bond donors (Lipinski definition) is 0. The minimum Gasteiger partial charge on any atom is -0.299 e. The standard InChI is InChI=1S/C8H12O/c1-8-5-4-6(8)2-3-7(8)9/h6H,2-5H2,1H3/t6?,8-/m1/s1. The highest BCUT2D eigenvalue weighted by Crippen LogP contribution is 2.54. The van der Waals surface area contributed by atoms with Crippen molar-refractivity contribution in [3.63, 3.8) is 0 Å². The first kappa shape index (κ1) is 5.45. The van der Waals surface area contributed by atoms with Gasteiger partial charge in [0.25, 0.3) is 0 Å². The third-order valence-electron chi connectivity index (χ3n) is 3.27. The molecule has 2 atom stereocenters. The third-order valence-corrected chi connectivity index (χ3v) is 3.27. The Morgan fingerprint density at radius 1 is 1.56 bits per heavy atom. The van der Waals surface area contributed by atoms with Gasteiger partial charge < -0.3 is 0 Å². The average molecular weight is 124 g/mol. The molecule has 1 unspecified atom stereocenters. The van der Waals surface area contributed by atoms with E-state index in [0.717, 1.165) is 18.8 Å². The maximum absolute atomic E-state index is 11.2. The van der Waals surface area contributed by atoms with E-state index in [1.54, 1.807) is 0 Å². The van der Waals surface area contributed by atoms with E-state index in [1.165, 1.54) is 12.8 Å². The number of Topliss-reactive ketones (excluding diaryl/α,β-unsaturated/α-hetero) is 1. The van der Waals surface area contributed by atoms with Crippen LogP contribution in [0.25, 0.3) is 0 Å². The second-order valence-corrected chi connectivity index (χ2v) is 3.61. The third kappa shape index (κ3) is 0.480. The lowest BCUT2D eigenvalue weighted by molar-refractivity contribution is -0.130. The van der Waals surface area contributed by atoms with Gasteiger partial charge in [0.15, 0.2) is 0 Å². The Balaban J connectivity index is 2.28. The smallest absolute Gasteiger partial charge is 0.139 e. The zero-order valence-electron chi connectivity index (χ0n) is 5.81. The van der Waals surface area contributed by atoms with Crippen molar-refractivity contribution >= 4 is 5.78 Å². The van der Waals surface area contributed by atoms with Crippen molar-refractivity contribution in [1.29, 1.82) is 0 Å². The van der Waals surface area contributed by atoms with Crippen molar-refractivity contribution in [1.82, 2.24) is 0 Å². The average Bonchev–Trinajstić information content (AvgIpc) is 1.96. The summed E-state index contributed by atoms with van der Waals surface area (Å²) in [5.41, 5.74) is 0.153. The van der Waals surface area contributed by atoms with Gasteiger partial charge in [0.1, 0.15) is 5.78 Å². The summed E-state index contributed by atoms with van der Waals surface area (Å²) in [4.78, 5) is 11.2. The number of fused-ring (bicyclic) bond motifs is 1. The topological polar surface area (TPSA) is 17.1 Å². The molecule has 0 amide bonds. The Morgan fingerprint density at radius 2 is 2.33 bits per heavy atom. The van der Waals surface area contributed by atoms with Crippen LogP contribution in [-0.4, -0.2) is 5.78 Å². The van der Waals surface area contributed by atoms with Crippen LogP contribution < -0.4 is 0 Å². The highest BCUT2D eigenvalue weighted by Gasteiger charge is 2.51. The summed E-state index contributed by atoms with van der Waals surface area (Å²) in [5, 5.41) is 0. The summed E-state index contributed by atoms with van der Waals surface area (Å²) in [6.07, 6.45) is 4.51. The molecule has 2 aliphatic carbocycles. The number of ketones is 1. The fourth-order valence-electron chi connectivity index (χ4n) is 2.20. The Kier molecular flexibility index (Phi) is 0.842. The maximum atomic E-state index is 11.2. The van der Waals surface area contributed by atoms with Crippen LogP contribution >= 0.6 is 0 Å². The second kappa shape index (κ2) is 1.39. The van der Waals surface area contributed by atoms with Gasteiger partial charge in [-0.25, -0.2) is 0 Å². The molecule has 0 aromatic carbocycles. The Bertz CT molecular complexity index is 162. The van der Waals surface area contributed by atoms with E-state index in [9.17, 15) is 4.79 Å². The number of hydrogen-bond acceptors (Lipinski definition) is 1. The van der Waals surface area contributed by atoms with Crippen LogP contribution in [0.4, 0.5) is 0 Å². The zero-order chi connectivity index (χ0) is 6.48. The Morgan fingerprint density at radius 3 is 2.56 bits per heavy atom. The Hall–Kier alpha value is -0.330. The van der Waals surface area contributed by atoms with Gasteiger partial charge in [-0.1, -0.05) is 6.92 Å². The van der Waals surface area contributed by atoms with Crippen LogP contribution in [0.3, 0.4) is 0 Å². The van der Waals surface area contributed by atoms with E-state index in [-0.39, 0.29) is 5.41 Å². The highest BCUT2D eigenvalue weighted by molar-refractivity contribution is 5.87. The van der Waals surface area contributed by atoms with Gasteiger partial charge >= 0.3 is 0 Å². The molecule has 0 radical (unpaired) electrons. The van der Waals surface area contributed by atoms with Gasteiger partial charge in [0, 0.05) is 11.8 Å². The minimum absolute atomic E-state index is 0.153. The summed E-state index contributed by atoms with van der Waals surface area (Å²) >= 11 is 0. The lowest BCUT2D eigenvalue weighted by Gasteiger charge is -2.40. The molecule has 0 N–H and O–H groups in total. The first-order valence-electron chi connectivity index (χ1n) is 3.77. The van der Waals surface area contributed by atoms with E-state index >= 15 is 0 Å². The lowest BCUT2D eigenvalue weighted by Crippen LogP contribution is -2.37. The van der Waals surface area contributed by atoms with Crippen LogP contribution in [0.2, 0.25) is 0 Å². The lowest BCUT2D eigenvalue weighted by atomic mass is 9.63. The van der Waals surface area contributed by atoms with Crippen molar-refractivity contribution in [3.8, 4) is 0 Å². The summed E-state index contributed by atoms with van der Waals surface area (Å²) in [6.45, 7) is 2.14. The van der Waals surface area contributed by atoms with Crippen LogP contribution in [0, 0.1) is 11.3 Å². The first-order chi connectivity index (χ1) is 4.23. The van der Waals surface area contributed by atoms with E-state index in [0.29, 0.717) is 5.78 Å². The second-order valence-electron chi connectivity index (χ2n) is 3.61. The molecular formula is C8H12O. The van der Waals surface area contributed by atoms with Gasteiger partial charge in [-0.2, -0.15) is 0 Å². The predicted molar refractivity (Wildman–Crippen MR) is 35.1 cm³/mol. The van der Waals surface area contributed by atoms with Gasteiger partial charge in [-0.15, -0.1) is 0 Å². The molecular weight excluding hydrogens is 112 g/mol. The molecule has 9 heavy (non-hydrogen) atoms. The van der Waals surface area contributed by atoms with Gasteiger partial charge in [0.2, 0.25) is 0 Å². The van der Waals surface area contributed by atoms with E-state index in [2.05, 4.69) is 6.92 Å². The molecule has 50 valence electrons. The van der Waals surface area contributed by atoms with Crippen LogP contribution in [-0.2, 0) is 4.79 Å². The van der Waals surface area contributed by atoms with Crippen molar-refractivity contribution in [3.05, 3.63) is 0 Å².